The van der Waals surface area contributed by atoms with Crippen molar-refractivity contribution in [1.29, 1.82) is 0 Å². The fourth-order valence-electron chi connectivity index (χ4n) is 4.77. The Balaban J connectivity index is 1.56. The number of carbonyl (C=O) groups excluding carboxylic acids is 1. The molecule has 2 aromatic rings. The van der Waals surface area contributed by atoms with Crippen molar-refractivity contribution in [3.63, 3.8) is 0 Å². The maximum Gasteiger partial charge on any atom is 0.252 e. The van der Waals surface area contributed by atoms with Gasteiger partial charge in [-0.2, -0.15) is 0 Å². The quantitative estimate of drug-likeness (QED) is 0.832. The van der Waals surface area contributed by atoms with Gasteiger partial charge in [-0.15, -0.1) is 0 Å². The number of primary amides is 1. The average Bonchev–Trinajstić information content (AvgIpc) is 3.05. The Bertz CT molecular complexity index is 892. The molecule has 154 valence electrons. The number of likely N-dealkylation sites (tertiary alicyclic amines) is 1. The van der Waals surface area contributed by atoms with Crippen molar-refractivity contribution < 1.29 is 9.53 Å². The van der Waals surface area contributed by atoms with Crippen molar-refractivity contribution in [2.45, 2.75) is 38.1 Å². The lowest BCUT2D eigenvalue weighted by molar-refractivity contribution is 0.0401. The third kappa shape index (κ3) is 3.74. The number of nitrogens with zero attached hydrogens (tertiary/aromatic N) is 2. The van der Waals surface area contributed by atoms with Crippen LogP contribution in [0, 0.1) is 5.92 Å². The molecule has 2 saturated heterocycles. The van der Waals surface area contributed by atoms with Gasteiger partial charge in [0.25, 0.3) is 5.91 Å². The standard InChI is InChI=1S/C23H30N4O2/c1-15-13-27(19-7-9-29-10-8-19)14-23(15,2)18-5-3-16(4-6-18)17-11-20(22(25)28)21(24)26-12-17/h3-6,11-12,15,19H,7-10,13-14H2,1-2H3,(H2,24,26)(H2,25,28)/t15-,23-/m1/s1. The summed E-state index contributed by atoms with van der Waals surface area (Å²) in [6, 6.07) is 11.0. The molecule has 4 N–H and O–H groups in total. The van der Waals surface area contributed by atoms with Crippen LogP contribution in [0.15, 0.2) is 36.5 Å². The first-order valence-electron chi connectivity index (χ1n) is 10.4. The molecule has 1 amide bonds. The highest BCUT2D eigenvalue weighted by atomic mass is 16.5. The highest BCUT2D eigenvalue weighted by Crippen LogP contribution is 2.41. The lowest BCUT2D eigenvalue weighted by Gasteiger charge is -2.33. The maximum absolute atomic E-state index is 11.6. The van der Waals surface area contributed by atoms with Gasteiger partial charge >= 0.3 is 0 Å². The zero-order valence-corrected chi connectivity index (χ0v) is 17.2. The predicted molar refractivity (Wildman–Crippen MR) is 115 cm³/mol. The van der Waals surface area contributed by atoms with E-state index in [0.29, 0.717) is 12.0 Å². The molecule has 2 aliphatic rings. The molecule has 2 atom stereocenters. The number of ether oxygens (including phenoxy) is 1. The molecular formula is C23H30N4O2. The minimum atomic E-state index is -0.561. The minimum absolute atomic E-state index is 0.120. The summed E-state index contributed by atoms with van der Waals surface area (Å²) in [5.74, 6) is 0.184. The topological polar surface area (TPSA) is 94.5 Å². The Hall–Kier alpha value is -2.44. The van der Waals surface area contributed by atoms with Crippen LogP contribution in [0.1, 0.15) is 42.6 Å². The summed E-state index contributed by atoms with van der Waals surface area (Å²) < 4.78 is 5.54. The molecule has 1 aromatic carbocycles. The fourth-order valence-corrected chi connectivity index (χ4v) is 4.77. The van der Waals surface area contributed by atoms with Gasteiger partial charge in [0.15, 0.2) is 0 Å². The first-order chi connectivity index (χ1) is 13.9. The molecular weight excluding hydrogens is 364 g/mol. The summed E-state index contributed by atoms with van der Waals surface area (Å²) in [5, 5.41) is 0. The van der Waals surface area contributed by atoms with Gasteiger partial charge in [0.05, 0.1) is 5.56 Å². The number of hydrogen-bond acceptors (Lipinski definition) is 5. The number of anilines is 1. The van der Waals surface area contributed by atoms with E-state index < -0.39 is 5.91 Å². The molecule has 0 saturated carbocycles. The van der Waals surface area contributed by atoms with Gasteiger partial charge in [-0.05, 0) is 36.0 Å². The number of rotatable bonds is 4. The lowest BCUT2D eigenvalue weighted by atomic mass is 9.75. The van der Waals surface area contributed by atoms with Crippen LogP contribution in [0.25, 0.3) is 11.1 Å². The van der Waals surface area contributed by atoms with Crippen LogP contribution in [-0.2, 0) is 10.2 Å². The van der Waals surface area contributed by atoms with Crippen molar-refractivity contribution in [3.8, 4) is 11.1 Å². The maximum atomic E-state index is 11.6. The summed E-state index contributed by atoms with van der Waals surface area (Å²) in [5.41, 5.74) is 14.7. The van der Waals surface area contributed by atoms with E-state index in [1.54, 1.807) is 12.3 Å². The van der Waals surface area contributed by atoms with Crippen LogP contribution in [0.2, 0.25) is 0 Å². The Morgan fingerprint density at radius 3 is 2.55 bits per heavy atom. The first kappa shape index (κ1) is 19.9. The smallest absolute Gasteiger partial charge is 0.252 e. The Kier molecular flexibility index (Phi) is 5.32. The fraction of sp³-hybridized carbons (Fsp3) is 0.478. The van der Waals surface area contributed by atoms with Gasteiger partial charge in [-0.1, -0.05) is 38.1 Å². The second-order valence-electron chi connectivity index (χ2n) is 8.69. The van der Waals surface area contributed by atoms with Crippen LogP contribution in [-0.4, -0.2) is 48.1 Å². The number of hydrogen-bond donors (Lipinski definition) is 2. The zero-order valence-electron chi connectivity index (χ0n) is 17.2. The molecule has 0 bridgehead atoms. The van der Waals surface area contributed by atoms with Gasteiger partial charge in [-0.25, -0.2) is 4.98 Å². The van der Waals surface area contributed by atoms with Crippen LogP contribution in [0.4, 0.5) is 5.82 Å². The number of nitrogen functional groups attached to an aromatic ring is 1. The second-order valence-corrected chi connectivity index (χ2v) is 8.69. The number of nitrogens with two attached hydrogens (primary N) is 2. The highest BCUT2D eigenvalue weighted by Gasteiger charge is 2.43. The predicted octanol–water partition coefficient (Wildman–Crippen LogP) is 2.82. The highest BCUT2D eigenvalue weighted by molar-refractivity contribution is 5.98. The summed E-state index contributed by atoms with van der Waals surface area (Å²) in [4.78, 5) is 18.3. The molecule has 0 radical (unpaired) electrons. The normalized spacial score (nSPS) is 25.9. The Morgan fingerprint density at radius 1 is 1.21 bits per heavy atom. The van der Waals surface area contributed by atoms with Gasteiger partial charge in [0.1, 0.15) is 5.82 Å². The monoisotopic (exact) mass is 394 g/mol. The SMILES string of the molecule is C[C@@H]1CN(C2CCOCC2)C[C@@]1(C)c1ccc(-c2cnc(N)c(C(N)=O)c2)cc1. The van der Waals surface area contributed by atoms with Crippen molar-refractivity contribution in [1.82, 2.24) is 9.88 Å². The molecule has 0 unspecified atom stereocenters. The second kappa shape index (κ2) is 7.76. The van der Waals surface area contributed by atoms with Crippen LogP contribution in [0.5, 0.6) is 0 Å². The van der Waals surface area contributed by atoms with Gasteiger partial charge in [-0.3, -0.25) is 9.69 Å². The first-order valence-corrected chi connectivity index (χ1v) is 10.4. The molecule has 3 heterocycles. The third-order valence-electron chi connectivity index (χ3n) is 6.90. The average molecular weight is 395 g/mol. The molecule has 29 heavy (non-hydrogen) atoms. The zero-order chi connectivity index (χ0) is 20.6. The number of amides is 1. The third-order valence-corrected chi connectivity index (χ3v) is 6.90. The van der Waals surface area contributed by atoms with Gasteiger partial charge < -0.3 is 16.2 Å². The van der Waals surface area contributed by atoms with Crippen molar-refractivity contribution in [2.24, 2.45) is 11.7 Å². The molecule has 0 aliphatic carbocycles. The van der Waals surface area contributed by atoms with Crippen molar-refractivity contribution in [3.05, 3.63) is 47.7 Å². The molecule has 2 aliphatic heterocycles. The van der Waals surface area contributed by atoms with E-state index in [9.17, 15) is 4.79 Å². The van der Waals surface area contributed by atoms with E-state index in [0.717, 1.165) is 50.3 Å². The molecule has 2 fully saturated rings. The summed E-state index contributed by atoms with van der Waals surface area (Å²) in [7, 11) is 0. The summed E-state index contributed by atoms with van der Waals surface area (Å²) in [6.45, 7) is 8.70. The van der Waals surface area contributed by atoms with Crippen LogP contribution in [0.3, 0.4) is 0 Å². The van der Waals surface area contributed by atoms with Gasteiger partial charge in [0, 0.05) is 49.5 Å². The summed E-state index contributed by atoms with van der Waals surface area (Å²) in [6.07, 6.45) is 3.95. The number of aromatic nitrogens is 1. The molecule has 4 rings (SSSR count). The minimum Gasteiger partial charge on any atom is -0.383 e. The lowest BCUT2D eigenvalue weighted by Crippen LogP contribution is -2.39. The van der Waals surface area contributed by atoms with Gasteiger partial charge in [0.2, 0.25) is 0 Å². The van der Waals surface area contributed by atoms with Crippen LogP contribution >= 0.6 is 0 Å². The number of carbonyl (C=O) groups is 1. The number of pyridine rings is 1. The van der Waals surface area contributed by atoms with Crippen molar-refractivity contribution in [2.75, 3.05) is 32.0 Å². The van der Waals surface area contributed by atoms with E-state index in [-0.39, 0.29) is 16.8 Å². The molecule has 6 nitrogen and oxygen atoms in total. The van der Waals surface area contributed by atoms with E-state index in [1.165, 1.54) is 5.56 Å². The summed E-state index contributed by atoms with van der Waals surface area (Å²) >= 11 is 0. The van der Waals surface area contributed by atoms with E-state index in [1.807, 2.05) is 0 Å². The molecule has 1 aromatic heterocycles. The largest absolute Gasteiger partial charge is 0.383 e. The van der Waals surface area contributed by atoms with E-state index in [4.69, 9.17) is 16.2 Å². The Morgan fingerprint density at radius 2 is 1.90 bits per heavy atom. The van der Waals surface area contributed by atoms with E-state index in [2.05, 4.69) is 48.0 Å². The molecule has 6 heteroatoms. The van der Waals surface area contributed by atoms with E-state index >= 15 is 0 Å². The van der Waals surface area contributed by atoms with Crippen molar-refractivity contribution >= 4 is 11.7 Å². The van der Waals surface area contributed by atoms with Crippen LogP contribution < -0.4 is 11.5 Å². The Labute approximate surface area is 172 Å². The molecule has 0 spiro atoms. The number of benzene rings is 1.